The van der Waals surface area contributed by atoms with Gasteiger partial charge in [0, 0.05) is 0 Å². The molecule has 0 bridgehead atoms. The van der Waals surface area contributed by atoms with Crippen molar-refractivity contribution in [2.24, 2.45) is 0 Å². The van der Waals surface area contributed by atoms with Crippen molar-refractivity contribution in [3.63, 3.8) is 0 Å². The van der Waals surface area contributed by atoms with E-state index in [1.54, 1.807) is 22.3 Å². The molecule has 0 N–H and O–H groups in total. The van der Waals surface area contributed by atoms with Crippen LogP contribution in [0.5, 0.6) is 0 Å². The summed E-state index contributed by atoms with van der Waals surface area (Å²) in [7, 11) is 0. The van der Waals surface area contributed by atoms with Crippen LogP contribution in [0.3, 0.4) is 0 Å². The van der Waals surface area contributed by atoms with E-state index in [9.17, 15) is 0 Å². The molecular weight excluding hydrogens is 683 g/mol. The van der Waals surface area contributed by atoms with Crippen LogP contribution in [0.15, 0.2) is 83.9 Å². The van der Waals surface area contributed by atoms with Crippen molar-refractivity contribution in [1.82, 2.24) is 0 Å². The van der Waals surface area contributed by atoms with Crippen molar-refractivity contribution in [2.45, 2.75) is 77.3 Å². The molecule has 2 aliphatic carbocycles. The van der Waals surface area contributed by atoms with E-state index in [0.29, 0.717) is 7.25 Å². The largest absolute Gasteiger partial charge is 0.147 e. The van der Waals surface area contributed by atoms with Gasteiger partial charge in [-0.3, -0.25) is 0 Å². The van der Waals surface area contributed by atoms with Gasteiger partial charge in [-0.1, -0.05) is 0 Å². The first-order valence-electron chi connectivity index (χ1n) is 16.4. The molecular formula is C41H50Cl2SiZr. The maximum absolute atomic E-state index is 3.63. The van der Waals surface area contributed by atoms with Crippen LogP contribution >= 0.6 is 24.8 Å². The topological polar surface area (TPSA) is 0 Å². The molecule has 0 saturated heterocycles. The number of fused-ring (bicyclic) bond motifs is 2. The van der Waals surface area contributed by atoms with Crippen molar-refractivity contribution in [3.05, 3.63) is 128 Å². The Morgan fingerprint density at radius 2 is 1.00 bits per heavy atom. The quantitative estimate of drug-likeness (QED) is 0.166. The molecule has 0 spiro atoms. The van der Waals surface area contributed by atoms with E-state index < -0.39 is 17.4 Å². The maximum Gasteiger partial charge on any atom is -0.147 e. The molecule has 0 heterocycles. The van der Waals surface area contributed by atoms with E-state index in [1.807, 2.05) is 0 Å². The van der Waals surface area contributed by atoms with Crippen LogP contribution in [0, 0.1) is 13.8 Å². The van der Waals surface area contributed by atoms with Gasteiger partial charge >= 0.3 is 264 Å². The van der Waals surface area contributed by atoms with Gasteiger partial charge in [-0.2, -0.15) is 0 Å². The van der Waals surface area contributed by atoms with Crippen LogP contribution in [0.1, 0.15) is 85.9 Å². The van der Waals surface area contributed by atoms with Gasteiger partial charge in [-0.05, 0) is 0 Å². The van der Waals surface area contributed by atoms with E-state index in [-0.39, 0.29) is 24.8 Å². The summed E-state index contributed by atoms with van der Waals surface area (Å²) in [6.45, 7) is 16.3. The molecule has 4 aromatic carbocycles. The number of aryl methyl sites for hydroxylation is 4. The summed E-state index contributed by atoms with van der Waals surface area (Å²) in [5.41, 5.74) is 20.4. The molecule has 2 aliphatic rings. The zero-order valence-corrected chi connectivity index (χ0v) is 33.9. The number of halogens is 2. The number of allylic oxidation sites excluding steroid dienone is 2. The number of rotatable bonds is 7. The number of hydrogen-bond donors (Lipinski definition) is 0. The predicted octanol–water partition coefficient (Wildman–Crippen LogP) is 11.9. The SMILES string of the molecule is CCC1=Cc2c(-c3ccc(CC)cc3)cc(C)cc2[CH]1[Zr]([CH3])([CH3])(=[SiH2])[CH]1C(C)=Cc2c(-c3ccc(CC)cc3)cc(C)cc21.Cl.Cl. The van der Waals surface area contributed by atoms with Crippen molar-refractivity contribution in [1.29, 1.82) is 0 Å². The van der Waals surface area contributed by atoms with Gasteiger partial charge < -0.3 is 0 Å². The van der Waals surface area contributed by atoms with Gasteiger partial charge in [0.05, 0.1) is 0 Å². The van der Waals surface area contributed by atoms with E-state index in [0.717, 1.165) is 19.3 Å². The molecule has 0 radical (unpaired) electrons. The summed E-state index contributed by atoms with van der Waals surface area (Å²) in [6, 6.07) is 28.5. The minimum absolute atomic E-state index is 0. The molecule has 0 nitrogen and oxygen atoms in total. The summed E-state index contributed by atoms with van der Waals surface area (Å²) in [6.07, 6.45) is 8.42. The van der Waals surface area contributed by atoms with Crippen molar-refractivity contribution in [3.8, 4) is 22.3 Å². The summed E-state index contributed by atoms with van der Waals surface area (Å²) in [4.78, 5) is 0. The van der Waals surface area contributed by atoms with Crippen LogP contribution in [-0.2, 0) is 30.2 Å². The number of hydrogen-bond acceptors (Lipinski definition) is 0. The average molecular weight is 733 g/mol. The Hall–Kier alpha value is -1.96. The van der Waals surface area contributed by atoms with Crippen LogP contribution in [0.25, 0.3) is 34.4 Å². The monoisotopic (exact) mass is 730 g/mol. The fourth-order valence-corrected chi connectivity index (χ4v) is 29.3. The summed E-state index contributed by atoms with van der Waals surface area (Å²) >= 11 is -3.63. The van der Waals surface area contributed by atoms with Crippen molar-refractivity contribution < 1.29 is 17.4 Å². The van der Waals surface area contributed by atoms with Crippen LogP contribution in [0.4, 0.5) is 0 Å². The van der Waals surface area contributed by atoms with Crippen molar-refractivity contribution >= 4 is 43.8 Å². The Labute approximate surface area is 287 Å². The Morgan fingerprint density at radius 1 is 0.578 bits per heavy atom. The molecule has 4 aromatic rings. The first kappa shape index (κ1) is 35.9. The number of benzene rings is 4. The van der Waals surface area contributed by atoms with Gasteiger partial charge in [-0.15, -0.1) is 24.8 Å². The van der Waals surface area contributed by atoms with Crippen molar-refractivity contribution in [2.75, 3.05) is 0 Å². The fraction of sp³-hybridized carbons (Fsp3) is 0.317. The van der Waals surface area contributed by atoms with E-state index in [1.165, 1.54) is 55.6 Å². The maximum atomic E-state index is 2.77. The third kappa shape index (κ3) is 6.23. The molecule has 0 fully saturated rings. The van der Waals surface area contributed by atoms with Gasteiger partial charge in [0.1, 0.15) is 0 Å². The second kappa shape index (κ2) is 13.3. The smallest absolute Gasteiger partial charge is 0.147 e. The van der Waals surface area contributed by atoms with Crippen LogP contribution < -0.4 is 0 Å². The molecule has 0 saturated carbocycles. The fourth-order valence-electron chi connectivity index (χ4n) is 8.64. The molecule has 0 aliphatic heterocycles. The minimum atomic E-state index is -3.63. The molecule has 45 heavy (non-hydrogen) atoms. The van der Waals surface area contributed by atoms with Crippen LogP contribution in [-0.4, -0.2) is 6.88 Å². The van der Waals surface area contributed by atoms with Gasteiger partial charge in [0.2, 0.25) is 0 Å². The zero-order chi connectivity index (χ0) is 30.7. The zero-order valence-electron chi connectivity index (χ0n) is 28.4. The summed E-state index contributed by atoms with van der Waals surface area (Å²) < 4.78 is 6.62. The molecule has 236 valence electrons. The van der Waals surface area contributed by atoms with Gasteiger partial charge in [-0.25, -0.2) is 0 Å². The normalized spacial score (nSPS) is 17.1. The Balaban J connectivity index is 0.00000230. The van der Waals surface area contributed by atoms with E-state index in [4.69, 9.17) is 0 Å². The Morgan fingerprint density at radius 3 is 1.42 bits per heavy atom. The second-order valence-corrected chi connectivity index (χ2v) is 45.0. The predicted molar refractivity (Wildman–Crippen MR) is 204 cm³/mol. The summed E-state index contributed by atoms with van der Waals surface area (Å²) in [5, 5.41) is 0. The molecule has 6 rings (SSSR count). The average Bonchev–Trinajstić information content (AvgIpc) is 3.54. The van der Waals surface area contributed by atoms with Crippen LogP contribution in [0.2, 0.25) is 9.26 Å². The molecule has 2 atom stereocenters. The van der Waals surface area contributed by atoms with Gasteiger partial charge in [0.15, 0.2) is 0 Å². The minimum Gasteiger partial charge on any atom is -0.147 e. The van der Waals surface area contributed by atoms with E-state index in [2.05, 4.69) is 143 Å². The third-order valence-corrected chi connectivity index (χ3v) is 28.2. The first-order valence-corrected chi connectivity index (χ1v) is 30.1. The summed E-state index contributed by atoms with van der Waals surface area (Å²) in [5.74, 6) is 0. The molecule has 2 unspecified atom stereocenters. The molecule has 4 heteroatoms. The standard InChI is InChI=1S/C20H21.C19H19.2CH3.2ClH.H2Si.Zr/c1-4-15-6-8-17(9-7-15)19-11-14(3)10-18-12-16(5-2)13-20(18)19;1-4-15-5-7-16(8-6-15)18-11-13(2)9-17-10-14(3)12-19(17)18;;;;;;/h6-13H,4-5H2,1-3H3;5-12H,4H2,1-3H3;2*1H3;2*1H;1H2;. The third-order valence-electron chi connectivity index (χ3n) is 10.5. The van der Waals surface area contributed by atoms with E-state index >= 15 is 0 Å². The Bertz CT molecular complexity index is 1870. The molecule has 0 amide bonds. The second-order valence-electron chi connectivity index (χ2n) is 14.5. The molecule has 0 aromatic heterocycles. The first-order chi connectivity index (χ1) is 20.4. The van der Waals surface area contributed by atoms with Gasteiger partial charge in [0.25, 0.3) is 0 Å². The Kier molecular flexibility index (Phi) is 10.6.